The predicted molar refractivity (Wildman–Crippen MR) is 86.0 cm³/mol. The van der Waals surface area contributed by atoms with Crippen molar-refractivity contribution in [3.63, 3.8) is 0 Å². The predicted octanol–water partition coefficient (Wildman–Crippen LogP) is 2.48. The fourth-order valence-electron chi connectivity index (χ4n) is 2.89. The summed E-state index contributed by atoms with van der Waals surface area (Å²) in [6.45, 7) is 1.77. The van der Waals surface area contributed by atoms with E-state index in [0.717, 1.165) is 47.1 Å². The largest absolute Gasteiger partial charge is 0.370 e. The average molecular weight is 349 g/mol. The number of hydrogen-bond acceptors (Lipinski definition) is 4. The van der Waals surface area contributed by atoms with E-state index in [1.54, 1.807) is 6.20 Å². The first kappa shape index (κ1) is 14.3. The van der Waals surface area contributed by atoms with Gasteiger partial charge in [-0.25, -0.2) is 4.98 Å². The zero-order valence-corrected chi connectivity index (χ0v) is 13.2. The molecule has 1 saturated heterocycles. The van der Waals surface area contributed by atoms with Gasteiger partial charge in [0, 0.05) is 41.8 Å². The van der Waals surface area contributed by atoms with Crippen LogP contribution in [-0.2, 0) is 4.79 Å². The van der Waals surface area contributed by atoms with E-state index >= 15 is 0 Å². The molecule has 1 amide bonds. The number of aromatic nitrogens is 2. The highest BCUT2D eigenvalue weighted by molar-refractivity contribution is 9.10. The Bertz CT molecular complexity index is 668. The van der Waals surface area contributed by atoms with Gasteiger partial charge in [-0.2, -0.15) is 0 Å². The van der Waals surface area contributed by atoms with Crippen LogP contribution in [0.4, 0.5) is 5.82 Å². The van der Waals surface area contributed by atoms with Crippen molar-refractivity contribution in [1.29, 1.82) is 0 Å². The van der Waals surface area contributed by atoms with Gasteiger partial charge >= 0.3 is 0 Å². The van der Waals surface area contributed by atoms with E-state index in [0.29, 0.717) is 12.3 Å². The summed E-state index contributed by atoms with van der Waals surface area (Å²) in [6, 6.07) is 3.97. The molecular weight excluding hydrogens is 332 g/mol. The molecule has 0 bridgehead atoms. The molecule has 0 atom stereocenters. The maximum absolute atomic E-state index is 11.0. The minimum atomic E-state index is -0.206. The molecule has 1 fully saturated rings. The Labute approximate surface area is 131 Å². The minimum Gasteiger partial charge on any atom is -0.370 e. The van der Waals surface area contributed by atoms with Crippen molar-refractivity contribution in [3.8, 4) is 0 Å². The van der Waals surface area contributed by atoms with Crippen LogP contribution in [0.1, 0.15) is 19.3 Å². The smallest absolute Gasteiger partial charge is 0.217 e. The Morgan fingerprint density at radius 1 is 1.38 bits per heavy atom. The Balaban J connectivity index is 1.83. The van der Waals surface area contributed by atoms with Crippen LogP contribution in [0.3, 0.4) is 0 Å². The Morgan fingerprint density at radius 3 is 2.86 bits per heavy atom. The number of hydrogen-bond donors (Lipinski definition) is 1. The third kappa shape index (κ3) is 3.00. The molecule has 5 nitrogen and oxygen atoms in total. The third-order valence-electron chi connectivity index (χ3n) is 3.98. The molecule has 2 N–H and O–H groups in total. The quantitative estimate of drug-likeness (QED) is 0.924. The molecule has 3 heterocycles. The second-order valence-corrected chi connectivity index (χ2v) is 6.28. The molecule has 0 saturated carbocycles. The lowest BCUT2D eigenvalue weighted by Crippen LogP contribution is -2.35. The van der Waals surface area contributed by atoms with E-state index in [-0.39, 0.29) is 5.91 Å². The van der Waals surface area contributed by atoms with Gasteiger partial charge in [-0.15, -0.1) is 0 Å². The summed E-state index contributed by atoms with van der Waals surface area (Å²) < 4.78 is 0.956. The molecule has 0 aromatic carbocycles. The van der Waals surface area contributed by atoms with Crippen molar-refractivity contribution in [1.82, 2.24) is 9.97 Å². The number of piperidine rings is 1. The maximum Gasteiger partial charge on any atom is 0.217 e. The Morgan fingerprint density at radius 2 is 2.14 bits per heavy atom. The molecule has 3 rings (SSSR count). The summed E-state index contributed by atoms with van der Waals surface area (Å²) in [5.41, 5.74) is 6.20. The van der Waals surface area contributed by atoms with Crippen LogP contribution < -0.4 is 10.6 Å². The summed E-state index contributed by atoms with van der Waals surface area (Å²) in [4.78, 5) is 22.3. The number of fused-ring (bicyclic) bond motifs is 1. The number of pyridine rings is 2. The molecule has 110 valence electrons. The molecule has 0 radical (unpaired) electrons. The monoisotopic (exact) mass is 348 g/mol. The highest BCUT2D eigenvalue weighted by Crippen LogP contribution is 2.31. The number of carbonyl (C=O) groups excluding carboxylic acids is 1. The van der Waals surface area contributed by atoms with Crippen molar-refractivity contribution < 1.29 is 4.79 Å². The Hall–Kier alpha value is -1.69. The number of primary amides is 1. The Kier molecular flexibility index (Phi) is 4.05. The van der Waals surface area contributed by atoms with Crippen molar-refractivity contribution >= 4 is 38.6 Å². The molecular formula is C15H17BrN4O. The molecule has 0 unspecified atom stereocenters. The number of nitrogens with zero attached hydrogens (tertiary/aromatic N) is 3. The lowest BCUT2D eigenvalue weighted by atomic mass is 9.93. The van der Waals surface area contributed by atoms with Crippen molar-refractivity contribution in [2.75, 3.05) is 18.0 Å². The maximum atomic E-state index is 11.0. The van der Waals surface area contributed by atoms with Crippen LogP contribution in [0.25, 0.3) is 10.9 Å². The normalized spacial score (nSPS) is 16.3. The van der Waals surface area contributed by atoms with E-state index in [9.17, 15) is 4.79 Å². The van der Waals surface area contributed by atoms with Crippen LogP contribution in [0, 0.1) is 5.92 Å². The van der Waals surface area contributed by atoms with Crippen LogP contribution in [0.2, 0.25) is 0 Å². The number of halogens is 1. The second-order valence-electron chi connectivity index (χ2n) is 5.43. The number of nitrogens with two attached hydrogens (primary N) is 1. The first-order valence-corrected chi connectivity index (χ1v) is 7.87. The average Bonchev–Trinajstić information content (AvgIpc) is 2.48. The molecule has 0 aliphatic carbocycles. The van der Waals surface area contributed by atoms with Crippen LogP contribution in [-0.4, -0.2) is 29.0 Å². The van der Waals surface area contributed by atoms with Gasteiger partial charge in [-0.05, 0) is 46.8 Å². The summed E-state index contributed by atoms with van der Waals surface area (Å²) in [7, 11) is 0. The lowest BCUT2D eigenvalue weighted by molar-refractivity contribution is -0.119. The highest BCUT2D eigenvalue weighted by atomic mass is 79.9. The van der Waals surface area contributed by atoms with Gasteiger partial charge < -0.3 is 10.6 Å². The van der Waals surface area contributed by atoms with E-state index in [1.165, 1.54) is 0 Å². The minimum absolute atomic E-state index is 0.206. The number of anilines is 1. The first-order valence-electron chi connectivity index (χ1n) is 7.07. The van der Waals surface area contributed by atoms with Crippen molar-refractivity contribution in [2.24, 2.45) is 11.7 Å². The third-order valence-corrected chi connectivity index (χ3v) is 4.61. The van der Waals surface area contributed by atoms with Gasteiger partial charge in [-0.3, -0.25) is 9.78 Å². The summed E-state index contributed by atoms with van der Waals surface area (Å²) >= 11 is 3.52. The molecule has 1 aliphatic heterocycles. The molecule has 6 heteroatoms. The van der Waals surface area contributed by atoms with E-state index in [4.69, 9.17) is 5.73 Å². The molecule has 2 aromatic heterocycles. The van der Waals surface area contributed by atoms with Gasteiger partial charge in [0.15, 0.2) is 5.82 Å². The summed E-state index contributed by atoms with van der Waals surface area (Å²) in [6.07, 6.45) is 6.04. The van der Waals surface area contributed by atoms with E-state index < -0.39 is 0 Å². The van der Waals surface area contributed by atoms with Gasteiger partial charge in [0.2, 0.25) is 5.91 Å². The standard InChI is InChI=1S/C15H17BrN4O/c16-12-9-19-15(14-11(12)2-1-5-18-14)20-6-3-10(4-7-20)8-13(17)21/h1-2,5,9-10H,3-4,6-8H2,(H2,17,21). The number of amides is 1. The topological polar surface area (TPSA) is 72.1 Å². The zero-order valence-electron chi connectivity index (χ0n) is 11.6. The molecule has 1 aliphatic rings. The van der Waals surface area contributed by atoms with Crippen LogP contribution in [0.15, 0.2) is 29.0 Å². The fourth-order valence-corrected chi connectivity index (χ4v) is 3.31. The van der Waals surface area contributed by atoms with Crippen LogP contribution >= 0.6 is 15.9 Å². The summed E-state index contributed by atoms with van der Waals surface area (Å²) in [5, 5.41) is 1.07. The number of carbonyl (C=O) groups is 1. The second kappa shape index (κ2) is 5.97. The van der Waals surface area contributed by atoms with E-state index in [1.807, 2.05) is 18.3 Å². The SMILES string of the molecule is NC(=O)CC1CCN(c2ncc(Br)c3cccnc23)CC1. The van der Waals surface area contributed by atoms with Gasteiger partial charge in [-0.1, -0.05) is 0 Å². The van der Waals surface area contributed by atoms with Crippen LogP contribution in [0.5, 0.6) is 0 Å². The van der Waals surface area contributed by atoms with E-state index in [2.05, 4.69) is 30.8 Å². The highest BCUT2D eigenvalue weighted by Gasteiger charge is 2.23. The van der Waals surface area contributed by atoms with Gasteiger partial charge in [0.25, 0.3) is 0 Å². The molecule has 21 heavy (non-hydrogen) atoms. The zero-order chi connectivity index (χ0) is 14.8. The van der Waals surface area contributed by atoms with Gasteiger partial charge in [0.1, 0.15) is 5.52 Å². The molecule has 0 spiro atoms. The number of rotatable bonds is 3. The van der Waals surface area contributed by atoms with Crippen molar-refractivity contribution in [2.45, 2.75) is 19.3 Å². The summed E-state index contributed by atoms with van der Waals surface area (Å²) in [5.74, 6) is 1.11. The fraction of sp³-hybridized carbons (Fsp3) is 0.400. The van der Waals surface area contributed by atoms with Crippen molar-refractivity contribution in [3.05, 3.63) is 29.0 Å². The molecule has 2 aromatic rings. The lowest BCUT2D eigenvalue weighted by Gasteiger charge is -2.32. The van der Waals surface area contributed by atoms with Gasteiger partial charge in [0.05, 0.1) is 0 Å². The first-order chi connectivity index (χ1) is 10.1.